The van der Waals surface area contributed by atoms with Gasteiger partial charge >= 0.3 is 0 Å². The van der Waals surface area contributed by atoms with Crippen molar-refractivity contribution in [3.8, 4) is 5.75 Å². The molecule has 5 heteroatoms. The van der Waals surface area contributed by atoms with Gasteiger partial charge in [0.25, 0.3) is 0 Å². The van der Waals surface area contributed by atoms with Gasteiger partial charge < -0.3 is 9.64 Å². The molecule has 2 aromatic rings. The lowest BCUT2D eigenvalue weighted by Crippen LogP contribution is -2.49. The summed E-state index contributed by atoms with van der Waals surface area (Å²) >= 11 is 0. The summed E-state index contributed by atoms with van der Waals surface area (Å²) in [7, 11) is 1.72. The van der Waals surface area contributed by atoms with Crippen molar-refractivity contribution in [3.63, 3.8) is 0 Å². The van der Waals surface area contributed by atoms with E-state index in [0.29, 0.717) is 5.91 Å². The van der Waals surface area contributed by atoms with Gasteiger partial charge in [0, 0.05) is 45.2 Å². The number of ether oxygens (including phenoxy) is 1. The number of piperidine rings is 1. The van der Waals surface area contributed by atoms with Crippen LogP contribution in [0.5, 0.6) is 5.75 Å². The van der Waals surface area contributed by atoms with E-state index in [9.17, 15) is 4.79 Å². The minimum atomic E-state index is 0.260. The predicted octanol–water partition coefficient (Wildman–Crippen LogP) is 4.15. The van der Waals surface area contributed by atoms with E-state index in [1.54, 1.807) is 7.11 Å². The summed E-state index contributed by atoms with van der Waals surface area (Å²) in [6, 6.07) is 18.8. The van der Waals surface area contributed by atoms with Gasteiger partial charge in [-0.25, -0.2) is 0 Å². The molecule has 0 radical (unpaired) electrons. The summed E-state index contributed by atoms with van der Waals surface area (Å²) < 4.78 is 5.36. The van der Waals surface area contributed by atoms with Crippen molar-refractivity contribution in [2.75, 3.05) is 52.9 Å². The van der Waals surface area contributed by atoms with Crippen molar-refractivity contribution >= 4 is 12.0 Å². The average Bonchev–Trinajstić information content (AvgIpc) is 3.59. The Morgan fingerprint density at radius 3 is 2.47 bits per heavy atom. The van der Waals surface area contributed by atoms with E-state index in [4.69, 9.17) is 4.74 Å². The second-order valence-electron chi connectivity index (χ2n) is 10.2. The van der Waals surface area contributed by atoms with Gasteiger partial charge in [-0.3, -0.25) is 14.6 Å². The van der Waals surface area contributed by atoms with Crippen LogP contribution in [0.4, 0.5) is 0 Å². The zero-order chi connectivity index (χ0) is 23.4. The molecule has 3 fully saturated rings. The Morgan fingerprint density at radius 1 is 0.971 bits per heavy atom. The fourth-order valence-electron chi connectivity index (χ4n) is 5.71. The summed E-state index contributed by atoms with van der Waals surface area (Å²) in [5.41, 5.74) is 2.82. The number of likely N-dealkylation sites (tertiary alicyclic amines) is 1. The Labute approximate surface area is 204 Å². The van der Waals surface area contributed by atoms with Crippen molar-refractivity contribution in [3.05, 3.63) is 71.8 Å². The Morgan fingerprint density at radius 2 is 1.74 bits per heavy atom. The highest BCUT2D eigenvalue weighted by molar-refractivity contribution is 5.83. The van der Waals surface area contributed by atoms with Gasteiger partial charge in [-0.15, -0.1) is 0 Å². The number of rotatable bonds is 7. The highest BCUT2D eigenvalue weighted by atomic mass is 16.5. The maximum absolute atomic E-state index is 13.2. The highest BCUT2D eigenvalue weighted by Crippen LogP contribution is 2.60. The van der Waals surface area contributed by atoms with Crippen LogP contribution >= 0.6 is 0 Å². The number of piperazine rings is 1. The molecule has 2 aliphatic heterocycles. The molecule has 0 aromatic heterocycles. The molecule has 0 bridgehead atoms. The SMILES string of the molecule is COc1cccc(CN2CCC3(CC2)CC3C(=O)N2CCN(C/C=C/c3ccccc3)CC2)c1. The van der Waals surface area contributed by atoms with Crippen LogP contribution in [0.1, 0.15) is 30.4 Å². The molecule has 5 rings (SSSR count). The summed E-state index contributed by atoms with van der Waals surface area (Å²) in [6.45, 7) is 7.77. The van der Waals surface area contributed by atoms with Gasteiger partial charge in [0.15, 0.2) is 0 Å². The highest BCUT2D eigenvalue weighted by Gasteiger charge is 2.59. The largest absolute Gasteiger partial charge is 0.497 e. The molecule has 2 aromatic carbocycles. The third-order valence-corrected chi connectivity index (χ3v) is 8.04. The number of hydrogen-bond acceptors (Lipinski definition) is 4. The van der Waals surface area contributed by atoms with Crippen LogP contribution in [0, 0.1) is 11.3 Å². The number of nitrogens with zero attached hydrogens (tertiary/aromatic N) is 3. The molecule has 2 saturated heterocycles. The first-order valence-corrected chi connectivity index (χ1v) is 12.7. The molecule has 180 valence electrons. The lowest BCUT2D eigenvalue weighted by atomic mass is 9.90. The number of hydrogen-bond donors (Lipinski definition) is 0. The van der Waals surface area contributed by atoms with E-state index in [1.165, 1.54) is 11.1 Å². The summed E-state index contributed by atoms with van der Waals surface area (Å²) in [5.74, 6) is 1.60. The second-order valence-corrected chi connectivity index (χ2v) is 10.2. The van der Waals surface area contributed by atoms with Crippen molar-refractivity contribution in [1.29, 1.82) is 0 Å². The van der Waals surface area contributed by atoms with Crippen LogP contribution in [-0.4, -0.2) is 73.5 Å². The van der Waals surface area contributed by atoms with Crippen molar-refractivity contribution in [2.24, 2.45) is 11.3 Å². The Balaban J connectivity index is 1.05. The topological polar surface area (TPSA) is 36.0 Å². The molecule has 0 N–H and O–H groups in total. The van der Waals surface area contributed by atoms with Crippen LogP contribution in [-0.2, 0) is 11.3 Å². The predicted molar refractivity (Wildman–Crippen MR) is 137 cm³/mol. The molecule has 34 heavy (non-hydrogen) atoms. The fraction of sp³-hybridized carbons (Fsp3) is 0.483. The number of benzene rings is 2. The summed E-state index contributed by atoms with van der Waals surface area (Å²) in [5, 5.41) is 0. The maximum atomic E-state index is 13.2. The first-order valence-electron chi connectivity index (χ1n) is 12.7. The van der Waals surface area contributed by atoms with Gasteiger partial charge in [0.05, 0.1) is 7.11 Å². The lowest BCUT2D eigenvalue weighted by Gasteiger charge is -2.36. The first-order chi connectivity index (χ1) is 16.6. The van der Waals surface area contributed by atoms with E-state index in [1.807, 2.05) is 12.1 Å². The minimum Gasteiger partial charge on any atom is -0.497 e. The van der Waals surface area contributed by atoms with E-state index in [-0.39, 0.29) is 11.3 Å². The molecule has 1 atom stereocenters. The standard InChI is InChI=1S/C29H37N3O2/c1-34-26-11-5-9-25(21-26)23-31-15-12-29(13-16-31)22-27(29)28(33)32-19-17-30(18-20-32)14-6-10-24-7-3-2-4-8-24/h2-11,21,27H,12-20,22-23H2,1H3/b10-6+. The minimum absolute atomic E-state index is 0.260. The molecule has 3 aliphatic rings. The van der Waals surface area contributed by atoms with Gasteiger partial charge in [-0.2, -0.15) is 0 Å². The Bertz CT molecular complexity index is 989. The zero-order valence-corrected chi connectivity index (χ0v) is 20.4. The van der Waals surface area contributed by atoms with E-state index >= 15 is 0 Å². The number of methoxy groups -OCH3 is 1. The molecule has 1 unspecified atom stereocenters. The van der Waals surface area contributed by atoms with E-state index < -0.39 is 0 Å². The second kappa shape index (κ2) is 10.3. The third-order valence-electron chi connectivity index (χ3n) is 8.04. The average molecular weight is 460 g/mol. The van der Waals surface area contributed by atoms with Gasteiger partial charge in [-0.05, 0) is 61.0 Å². The van der Waals surface area contributed by atoms with Crippen molar-refractivity contribution < 1.29 is 9.53 Å². The van der Waals surface area contributed by atoms with Crippen LogP contribution in [0.2, 0.25) is 0 Å². The fourth-order valence-corrected chi connectivity index (χ4v) is 5.71. The summed E-state index contributed by atoms with van der Waals surface area (Å²) in [6.07, 6.45) is 7.82. The van der Waals surface area contributed by atoms with E-state index in [0.717, 1.165) is 77.4 Å². The maximum Gasteiger partial charge on any atom is 0.226 e. The van der Waals surface area contributed by atoms with Gasteiger partial charge in [0.2, 0.25) is 5.91 Å². The Hall–Kier alpha value is -2.63. The smallest absolute Gasteiger partial charge is 0.226 e. The Kier molecular flexibility index (Phi) is 7.02. The lowest BCUT2D eigenvalue weighted by molar-refractivity contribution is -0.135. The number of carbonyl (C=O) groups excluding carboxylic acids is 1. The molecule has 5 nitrogen and oxygen atoms in total. The van der Waals surface area contributed by atoms with Crippen LogP contribution in [0.3, 0.4) is 0 Å². The van der Waals surface area contributed by atoms with Crippen molar-refractivity contribution in [2.45, 2.75) is 25.8 Å². The number of carbonyl (C=O) groups is 1. The molecule has 2 heterocycles. The monoisotopic (exact) mass is 459 g/mol. The van der Waals surface area contributed by atoms with Gasteiger partial charge in [-0.1, -0.05) is 54.6 Å². The molecule has 1 saturated carbocycles. The van der Waals surface area contributed by atoms with Gasteiger partial charge in [0.1, 0.15) is 5.75 Å². The zero-order valence-electron chi connectivity index (χ0n) is 20.4. The molecule has 1 amide bonds. The van der Waals surface area contributed by atoms with Crippen LogP contribution < -0.4 is 4.74 Å². The molecule has 1 aliphatic carbocycles. The summed E-state index contributed by atoms with van der Waals surface area (Å²) in [4.78, 5) is 20.4. The normalized spacial score (nSPS) is 22.9. The van der Waals surface area contributed by atoms with Crippen LogP contribution in [0.15, 0.2) is 60.7 Å². The first kappa shape index (κ1) is 23.1. The molecule has 1 spiro atoms. The van der Waals surface area contributed by atoms with Crippen molar-refractivity contribution in [1.82, 2.24) is 14.7 Å². The molecular formula is C29H37N3O2. The number of amides is 1. The van der Waals surface area contributed by atoms with Crippen LogP contribution in [0.25, 0.3) is 6.08 Å². The quantitative estimate of drug-likeness (QED) is 0.623. The third kappa shape index (κ3) is 5.37. The molecular weight excluding hydrogens is 422 g/mol. The van der Waals surface area contributed by atoms with E-state index in [2.05, 4.69) is 69.3 Å².